The number of halogens is 2. The standard InChI is InChI=1S/C23H33F2N3O6/c1-3-33-22(30)26-6-4-19(5-7-26)27-8-9-28(21(29)13-32-2)15-23(31,14-27)16-34-20-11-17(24)10-18(25)12-20/h10-12,19,31H,3-9,13-16H2,1-2H3/t23-/m0/s1. The number of ether oxygens (including phenoxy) is 3. The van der Waals surface area contributed by atoms with Gasteiger partial charge in [0.15, 0.2) is 0 Å². The highest BCUT2D eigenvalue weighted by Gasteiger charge is 2.40. The molecule has 2 saturated heterocycles. The number of carbonyl (C=O) groups is 2. The smallest absolute Gasteiger partial charge is 0.409 e. The SMILES string of the molecule is CCOC(=O)N1CCC(N2CCN(C(=O)COC)C[C@](O)(COc3cc(F)cc(F)c3)C2)CC1. The van der Waals surface area contributed by atoms with Gasteiger partial charge in [0.05, 0.1) is 13.2 Å². The highest BCUT2D eigenvalue weighted by molar-refractivity contribution is 5.77. The van der Waals surface area contributed by atoms with Gasteiger partial charge in [-0.15, -0.1) is 0 Å². The first-order valence-corrected chi connectivity index (χ1v) is 11.5. The molecule has 3 rings (SSSR count). The average molecular weight is 486 g/mol. The Morgan fingerprint density at radius 2 is 1.74 bits per heavy atom. The van der Waals surface area contributed by atoms with Crippen LogP contribution >= 0.6 is 0 Å². The summed E-state index contributed by atoms with van der Waals surface area (Å²) in [5, 5.41) is 11.5. The quantitative estimate of drug-likeness (QED) is 0.626. The first-order chi connectivity index (χ1) is 16.2. The van der Waals surface area contributed by atoms with E-state index in [4.69, 9.17) is 14.2 Å². The molecule has 0 radical (unpaired) electrons. The van der Waals surface area contributed by atoms with Crippen LogP contribution in [0.2, 0.25) is 0 Å². The number of aliphatic hydroxyl groups is 1. The molecular weight excluding hydrogens is 452 g/mol. The number of β-amino-alcohol motifs (C(OH)–C–C–N with tert-alkyl or cyclic N) is 1. The van der Waals surface area contributed by atoms with Crippen molar-refractivity contribution in [1.29, 1.82) is 0 Å². The molecule has 9 nitrogen and oxygen atoms in total. The minimum absolute atomic E-state index is 0.00877. The van der Waals surface area contributed by atoms with Crippen molar-refractivity contribution in [3.63, 3.8) is 0 Å². The Morgan fingerprint density at radius 1 is 1.06 bits per heavy atom. The molecule has 0 saturated carbocycles. The van der Waals surface area contributed by atoms with E-state index in [2.05, 4.69) is 4.90 Å². The second-order valence-corrected chi connectivity index (χ2v) is 8.75. The molecule has 1 aromatic carbocycles. The molecule has 1 N–H and O–H groups in total. The van der Waals surface area contributed by atoms with Crippen molar-refractivity contribution in [1.82, 2.24) is 14.7 Å². The first-order valence-electron chi connectivity index (χ1n) is 11.5. The number of benzene rings is 1. The number of piperidine rings is 1. The summed E-state index contributed by atoms with van der Waals surface area (Å²) >= 11 is 0. The van der Waals surface area contributed by atoms with Gasteiger partial charge in [0.2, 0.25) is 5.91 Å². The van der Waals surface area contributed by atoms with Crippen LogP contribution in [0, 0.1) is 11.6 Å². The van der Waals surface area contributed by atoms with E-state index in [1.54, 1.807) is 11.8 Å². The summed E-state index contributed by atoms with van der Waals surface area (Å²) < 4.78 is 42.7. The number of rotatable bonds is 7. The zero-order valence-corrected chi connectivity index (χ0v) is 19.7. The fraction of sp³-hybridized carbons (Fsp3) is 0.652. The highest BCUT2D eigenvalue weighted by Crippen LogP contribution is 2.24. The van der Waals surface area contributed by atoms with Gasteiger partial charge in [-0.2, -0.15) is 0 Å². The Bertz CT molecular complexity index is 832. The second kappa shape index (κ2) is 11.8. The summed E-state index contributed by atoms with van der Waals surface area (Å²) in [7, 11) is 1.42. The number of likely N-dealkylation sites (tertiary alicyclic amines) is 1. The number of nitrogens with zero attached hydrogens (tertiary/aromatic N) is 3. The second-order valence-electron chi connectivity index (χ2n) is 8.75. The van der Waals surface area contributed by atoms with E-state index in [9.17, 15) is 23.5 Å². The molecule has 0 bridgehead atoms. The lowest BCUT2D eigenvalue weighted by Gasteiger charge is -2.40. The topological polar surface area (TPSA) is 91.8 Å². The molecule has 34 heavy (non-hydrogen) atoms. The minimum Gasteiger partial charge on any atom is -0.490 e. The fourth-order valence-electron chi connectivity index (χ4n) is 4.48. The Labute approximate surface area is 198 Å². The summed E-state index contributed by atoms with van der Waals surface area (Å²) in [6.45, 7) is 3.87. The number of methoxy groups -OCH3 is 1. The fourth-order valence-corrected chi connectivity index (χ4v) is 4.48. The number of hydrogen-bond acceptors (Lipinski definition) is 7. The van der Waals surface area contributed by atoms with Crippen LogP contribution in [0.1, 0.15) is 19.8 Å². The van der Waals surface area contributed by atoms with Crippen LogP contribution in [0.25, 0.3) is 0 Å². The van der Waals surface area contributed by atoms with E-state index >= 15 is 0 Å². The van der Waals surface area contributed by atoms with Crippen molar-refractivity contribution >= 4 is 12.0 Å². The minimum atomic E-state index is -1.49. The molecule has 0 spiro atoms. The molecule has 2 amide bonds. The van der Waals surface area contributed by atoms with E-state index in [0.717, 1.165) is 18.2 Å². The van der Waals surface area contributed by atoms with Gasteiger partial charge in [-0.1, -0.05) is 0 Å². The normalized spacial score (nSPS) is 22.4. The zero-order chi connectivity index (χ0) is 24.7. The van der Waals surface area contributed by atoms with Crippen LogP contribution in [0.5, 0.6) is 5.75 Å². The van der Waals surface area contributed by atoms with Gasteiger partial charge in [-0.05, 0) is 19.8 Å². The molecule has 11 heteroatoms. The van der Waals surface area contributed by atoms with Gasteiger partial charge in [-0.25, -0.2) is 13.6 Å². The average Bonchev–Trinajstić information content (AvgIpc) is 2.97. The van der Waals surface area contributed by atoms with Gasteiger partial charge in [0.1, 0.15) is 36.2 Å². The summed E-state index contributed by atoms with van der Waals surface area (Å²) in [5.74, 6) is -1.87. The third kappa shape index (κ3) is 7.00. The number of carbonyl (C=O) groups excluding carboxylic acids is 2. The predicted octanol–water partition coefficient (Wildman–Crippen LogP) is 1.49. The Balaban J connectivity index is 1.71. The molecule has 190 valence electrons. The maximum absolute atomic E-state index is 13.6. The van der Waals surface area contributed by atoms with Crippen molar-refractivity contribution in [3.05, 3.63) is 29.8 Å². The predicted molar refractivity (Wildman–Crippen MR) is 118 cm³/mol. The lowest BCUT2D eigenvalue weighted by molar-refractivity contribution is -0.138. The largest absolute Gasteiger partial charge is 0.490 e. The summed E-state index contributed by atoms with van der Waals surface area (Å²) in [6.07, 6.45) is 1.05. The third-order valence-electron chi connectivity index (χ3n) is 6.11. The van der Waals surface area contributed by atoms with Crippen LogP contribution in [0.15, 0.2) is 18.2 Å². The van der Waals surface area contributed by atoms with Crippen LogP contribution in [-0.2, 0) is 14.3 Å². The molecule has 2 aliphatic heterocycles. The lowest BCUT2D eigenvalue weighted by Crippen LogP contribution is -2.55. The first kappa shape index (κ1) is 26.1. The van der Waals surface area contributed by atoms with Crippen LogP contribution < -0.4 is 4.74 Å². The van der Waals surface area contributed by atoms with Crippen molar-refractivity contribution in [2.24, 2.45) is 0 Å². The maximum Gasteiger partial charge on any atom is 0.409 e. The highest BCUT2D eigenvalue weighted by atomic mass is 19.1. The van der Waals surface area contributed by atoms with Gasteiger partial charge >= 0.3 is 6.09 Å². The Morgan fingerprint density at radius 3 is 2.35 bits per heavy atom. The molecule has 2 aliphatic rings. The van der Waals surface area contributed by atoms with Crippen LogP contribution in [0.4, 0.5) is 13.6 Å². The molecule has 1 atom stereocenters. The van der Waals surface area contributed by atoms with Gasteiger partial charge in [0.25, 0.3) is 0 Å². The van der Waals surface area contributed by atoms with Crippen LogP contribution in [-0.4, -0.2) is 110 Å². The van der Waals surface area contributed by atoms with Gasteiger partial charge in [0, 0.05) is 64.1 Å². The number of amides is 2. The van der Waals surface area contributed by atoms with Crippen molar-refractivity contribution in [2.45, 2.75) is 31.4 Å². The van der Waals surface area contributed by atoms with Crippen molar-refractivity contribution in [2.75, 3.05) is 66.2 Å². The van der Waals surface area contributed by atoms with E-state index in [1.807, 2.05) is 0 Å². The van der Waals surface area contributed by atoms with Crippen LogP contribution in [0.3, 0.4) is 0 Å². The molecule has 2 heterocycles. The Kier molecular flexibility index (Phi) is 9.03. The van der Waals surface area contributed by atoms with Crippen molar-refractivity contribution in [3.8, 4) is 5.75 Å². The zero-order valence-electron chi connectivity index (χ0n) is 19.7. The van der Waals surface area contributed by atoms with Gasteiger partial charge in [-0.3, -0.25) is 9.69 Å². The van der Waals surface area contributed by atoms with E-state index in [1.165, 1.54) is 12.0 Å². The molecule has 2 fully saturated rings. The molecular formula is C23H33F2N3O6. The summed E-state index contributed by atoms with van der Waals surface area (Å²) in [4.78, 5) is 29.8. The molecule has 0 aliphatic carbocycles. The monoisotopic (exact) mass is 485 g/mol. The third-order valence-corrected chi connectivity index (χ3v) is 6.11. The van der Waals surface area contributed by atoms with Gasteiger partial charge < -0.3 is 29.1 Å². The van der Waals surface area contributed by atoms with E-state index in [0.29, 0.717) is 45.6 Å². The van der Waals surface area contributed by atoms with E-state index < -0.39 is 17.2 Å². The molecule has 0 aromatic heterocycles. The number of hydrogen-bond donors (Lipinski definition) is 1. The summed E-state index contributed by atoms with van der Waals surface area (Å²) in [5.41, 5.74) is -1.49. The lowest BCUT2D eigenvalue weighted by atomic mass is 9.99. The van der Waals surface area contributed by atoms with E-state index in [-0.39, 0.29) is 50.1 Å². The molecule has 1 aromatic rings. The maximum atomic E-state index is 13.6. The van der Waals surface area contributed by atoms with Crippen molar-refractivity contribution < 1.29 is 37.7 Å². The molecule has 0 unspecified atom stereocenters. The summed E-state index contributed by atoms with van der Waals surface area (Å²) in [6, 6.07) is 2.91. The Hall–Kier alpha value is -2.50.